The van der Waals surface area contributed by atoms with Gasteiger partial charge in [-0.2, -0.15) is 0 Å². The minimum absolute atomic E-state index is 0.0473. The van der Waals surface area contributed by atoms with Crippen LogP contribution in [0.3, 0.4) is 0 Å². The summed E-state index contributed by atoms with van der Waals surface area (Å²) in [6.07, 6.45) is 13.3. The smallest absolute Gasteiger partial charge is 0.408 e. The predicted octanol–water partition coefficient (Wildman–Crippen LogP) is 3.85. The van der Waals surface area contributed by atoms with Gasteiger partial charge in [0.05, 0.1) is 36.8 Å². The number of carbonyl (C=O) groups excluding carboxylic acids is 2. The summed E-state index contributed by atoms with van der Waals surface area (Å²) in [5, 5.41) is 16.3. The van der Waals surface area contributed by atoms with Crippen LogP contribution in [0, 0.1) is 0 Å². The lowest BCUT2D eigenvalue weighted by Crippen LogP contribution is -2.95. The number of nitrogens with two attached hydrogens (primary N) is 1. The predicted molar refractivity (Wildman–Crippen MR) is 145 cm³/mol. The zero-order chi connectivity index (χ0) is 27.0. The van der Waals surface area contributed by atoms with Crippen molar-refractivity contribution in [2.24, 2.45) is 0 Å². The number of amides is 1. The first-order chi connectivity index (χ1) is 18.5. The number of carboxylic acids is 1. The van der Waals surface area contributed by atoms with Crippen LogP contribution in [0.5, 0.6) is 0 Å². The molecule has 0 spiro atoms. The maximum Gasteiger partial charge on any atom is 0.408 e. The molecular formula is C31H44N2O5. The normalized spacial score (nSPS) is 17.9. The van der Waals surface area contributed by atoms with Crippen LogP contribution in [-0.2, 0) is 27.5 Å². The van der Waals surface area contributed by atoms with Crippen molar-refractivity contribution in [3.8, 4) is 0 Å². The molecule has 2 atom stereocenters. The zero-order valence-electron chi connectivity index (χ0n) is 22.7. The lowest BCUT2D eigenvalue weighted by Gasteiger charge is -2.27. The van der Waals surface area contributed by atoms with E-state index in [9.17, 15) is 14.7 Å². The Kier molecular flexibility index (Phi) is 13.1. The van der Waals surface area contributed by atoms with E-state index in [-0.39, 0.29) is 13.2 Å². The molecule has 4 rings (SSSR count). The molecule has 0 bridgehead atoms. The highest BCUT2D eigenvalue weighted by Gasteiger charge is 2.23. The second kappa shape index (κ2) is 16.8. The fourth-order valence-corrected chi connectivity index (χ4v) is 5.20. The van der Waals surface area contributed by atoms with Gasteiger partial charge in [-0.1, -0.05) is 73.5 Å². The summed E-state index contributed by atoms with van der Waals surface area (Å²) >= 11 is 0. The van der Waals surface area contributed by atoms with Gasteiger partial charge in [0, 0.05) is 0 Å². The van der Waals surface area contributed by atoms with Gasteiger partial charge in [0.2, 0.25) is 0 Å². The zero-order valence-corrected chi connectivity index (χ0v) is 22.7. The Hall–Kier alpha value is -2.90. The van der Waals surface area contributed by atoms with Gasteiger partial charge in [-0.05, 0) is 69.4 Å². The molecule has 38 heavy (non-hydrogen) atoms. The summed E-state index contributed by atoms with van der Waals surface area (Å²) in [7, 11) is 0. The molecule has 2 saturated carbocycles. The van der Waals surface area contributed by atoms with Crippen molar-refractivity contribution in [1.29, 1.82) is 0 Å². The average Bonchev–Trinajstić information content (AvgIpc) is 2.96. The van der Waals surface area contributed by atoms with Gasteiger partial charge >= 0.3 is 6.09 Å². The molecule has 2 aliphatic rings. The Morgan fingerprint density at radius 2 is 1.29 bits per heavy atom. The Bertz CT molecular complexity index is 912. The summed E-state index contributed by atoms with van der Waals surface area (Å²) in [5.41, 5.74) is 1.70. The van der Waals surface area contributed by atoms with Crippen LogP contribution in [0.25, 0.3) is 0 Å². The SMILES string of the molecule is C1CCC([NH2+]C2CCCCC2)CC1.C[C@@H](OCc1ccccc1)[C@H](NC(=O)OCc1ccccc1)C(=O)[O-]. The molecule has 2 aliphatic carbocycles. The second-order valence-electron chi connectivity index (χ2n) is 10.5. The minimum Gasteiger partial charge on any atom is -0.548 e. The van der Waals surface area contributed by atoms with Crippen LogP contribution in [0.1, 0.15) is 82.3 Å². The molecule has 2 fully saturated rings. The second-order valence-corrected chi connectivity index (χ2v) is 10.5. The maximum absolute atomic E-state index is 11.8. The highest BCUT2D eigenvalue weighted by molar-refractivity contribution is 5.79. The monoisotopic (exact) mass is 524 g/mol. The molecule has 0 unspecified atom stereocenters. The van der Waals surface area contributed by atoms with Crippen LogP contribution >= 0.6 is 0 Å². The van der Waals surface area contributed by atoms with Crippen molar-refractivity contribution in [1.82, 2.24) is 5.32 Å². The highest BCUT2D eigenvalue weighted by atomic mass is 16.5. The Labute approximate surface area is 227 Å². The first-order valence-corrected chi connectivity index (χ1v) is 14.2. The van der Waals surface area contributed by atoms with Crippen LogP contribution < -0.4 is 15.7 Å². The number of hydrogen-bond donors (Lipinski definition) is 2. The van der Waals surface area contributed by atoms with E-state index in [0.717, 1.165) is 23.2 Å². The molecule has 1 amide bonds. The molecule has 3 N–H and O–H groups in total. The van der Waals surface area contributed by atoms with Crippen LogP contribution in [0.2, 0.25) is 0 Å². The van der Waals surface area contributed by atoms with E-state index < -0.39 is 24.2 Å². The molecule has 0 heterocycles. The summed E-state index contributed by atoms with van der Waals surface area (Å²) in [4.78, 5) is 23.1. The lowest BCUT2D eigenvalue weighted by molar-refractivity contribution is -0.725. The largest absolute Gasteiger partial charge is 0.548 e. The number of carboxylic acid groups (broad SMARTS) is 1. The maximum atomic E-state index is 11.8. The average molecular weight is 525 g/mol. The summed E-state index contributed by atoms with van der Waals surface area (Å²) < 4.78 is 10.5. The number of ether oxygens (including phenoxy) is 2. The number of nitrogens with one attached hydrogen (secondary N) is 1. The molecule has 2 aromatic carbocycles. The van der Waals surface area contributed by atoms with Gasteiger partial charge in [-0.15, -0.1) is 0 Å². The Balaban J connectivity index is 0.000000256. The molecule has 7 nitrogen and oxygen atoms in total. The van der Waals surface area contributed by atoms with Crippen LogP contribution in [0.15, 0.2) is 60.7 Å². The van der Waals surface area contributed by atoms with Crippen LogP contribution in [-0.4, -0.2) is 36.3 Å². The molecule has 208 valence electrons. The standard InChI is InChI=1S/C19H21NO5.C12H23N/c1-14(24-12-15-8-4-2-5-9-15)17(18(21)22)20-19(23)25-13-16-10-6-3-7-11-16;1-3-7-11(8-4-1)13-12-9-5-2-6-10-12/h2-11,14,17H,12-13H2,1H3,(H,20,23)(H,21,22);11-13H,1-10H2/t14-,17+;/m1./s1. The van der Waals surface area contributed by atoms with E-state index >= 15 is 0 Å². The number of alkyl carbamates (subject to hydrolysis) is 1. The first-order valence-electron chi connectivity index (χ1n) is 14.2. The quantitative estimate of drug-likeness (QED) is 0.491. The summed E-state index contributed by atoms with van der Waals surface area (Å²) in [5.74, 6) is -1.43. The van der Waals surface area contributed by atoms with Gasteiger partial charge in [0.15, 0.2) is 0 Å². The third kappa shape index (κ3) is 11.2. The molecule has 7 heteroatoms. The lowest BCUT2D eigenvalue weighted by atomic mass is 9.91. The van der Waals surface area contributed by atoms with Crippen LogP contribution in [0.4, 0.5) is 4.79 Å². The molecule has 0 radical (unpaired) electrons. The van der Waals surface area contributed by atoms with Gasteiger partial charge < -0.3 is 30.0 Å². The molecule has 2 aromatic rings. The van der Waals surface area contributed by atoms with E-state index in [4.69, 9.17) is 9.47 Å². The summed E-state index contributed by atoms with van der Waals surface area (Å²) in [6.45, 7) is 1.83. The van der Waals surface area contributed by atoms with Crippen molar-refractivity contribution in [3.05, 3.63) is 71.8 Å². The molecular weight excluding hydrogens is 480 g/mol. The van der Waals surface area contributed by atoms with E-state index in [2.05, 4.69) is 10.6 Å². The first kappa shape index (κ1) is 29.7. The van der Waals surface area contributed by atoms with Gasteiger partial charge in [-0.25, -0.2) is 4.79 Å². The number of benzene rings is 2. The van der Waals surface area contributed by atoms with Crippen molar-refractivity contribution in [2.45, 2.75) is 109 Å². The van der Waals surface area contributed by atoms with Gasteiger partial charge in [0.1, 0.15) is 6.61 Å². The Morgan fingerprint density at radius 3 is 1.76 bits per heavy atom. The van der Waals surface area contributed by atoms with Gasteiger partial charge in [-0.3, -0.25) is 0 Å². The van der Waals surface area contributed by atoms with Gasteiger partial charge in [0.25, 0.3) is 0 Å². The van der Waals surface area contributed by atoms with Crippen molar-refractivity contribution >= 4 is 12.1 Å². The van der Waals surface area contributed by atoms with E-state index in [1.807, 2.05) is 48.5 Å². The van der Waals surface area contributed by atoms with Crippen molar-refractivity contribution < 1.29 is 29.5 Å². The third-order valence-corrected chi connectivity index (χ3v) is 7.41. The third-order valence-electron chi connectivity index (χ3n) is 7.41. The van der Waals surface area contributed by atoms with Crippen molar-refractivity contribution in [3.63, 3.8) is 0 Å². The highest BCUT2D eigenvalue weighted by Crippen LogP contribution is 2.18. The fraction of sp³-hybridized carbons (Fsp3) is 0.548. The van der Waals surface area contributed by atoms with Crippen molar-refractivity contribution in [2.75, 3.05) is 0 Å². The van der Waals surface area contributed by atoms with E-state index in [1.165, 1.54) is 64.2 Å². The molecule has 0 saturated heterocycles. The topological polar surface area (TPSA) is 104 Å². The number of rotatable bonds is 10. The fourth-order valence-electron chi connectivity index (χ4n) is 5.20. The summed E-state index contributed by atoms with van der Waals surface area (Å²) in [6, 6.07) is 19.1. The molecule has 0 aliphatic heterocycles. The van der Waals surface area contributed by atoms with E-state index in [0.29, 0.717) is 0 Å². The number of aliphatic carboxylic acids is 1. The van der Waals surface area contributed by atoms with E-state index in [1.54, 1.807) is 19.1 Å². The number of hydrogen-bond acceptors (Lipinski definition) is 5. The number of carbonyl (C=O) groups is 2. The number of quaternary nitrogens is 1. The Morgan fingerprint density at radius 1 is 0.816 bits per heavy atom. The molecule has 0 aromatic heterocycles. The minimum atomic E-state index is -1.43.